The van der Waals surface area contributed by atoms with Crippen molar-refractivity contribution in [2.45, 2.75) is 38.5 Å². The Balaban J connectivity index is 1.88. The summed E-state index contributed by atoms with van der Waals surface area (Å²) in [4.78, 5) is 0. The van der Waals surface area contributed by atoms with Crippen molar-refractivity contribution in [2.75, 3.05) is 0 Å². The topological polar surface area (TPSA) is 0 Å². The highest BCUT2D eigenvalue weighted by atomic mass is 79.9. The molecule has 2 heteroatoms. The molecule has 0 amide bonds. The number of fused-ring (bicyclic) bond motifs is 10. The average molecular weight is 449 g/mol. The molecule has 0 aliphatic heterocycles. The van der Waals surface area contributed by atoms with Crippen molar-refractivity contribution in [1.29, 1.82) is 0 Å². The number of halogens is 1. The van der Waals surface area contributed by atoms with E-state index in [1.54, 1.807) is 0 Å². The fraction of sp³-hybridized carbons (Fsp3) is 0.214. The normalized spacial score (nSPS) is 16.8. The summed E-state index contributed by atoms with van der Waals surface area (Å²) in [7, 11) is 6.25. The highest BCUT2D eigenvalue weighted by molar-refractivity contribution is 9.10. The molecule has 0 nitrogen and oxygen atoms in total. The second-order valence-electron chi connectivity index (χ2n) is 9.79. The van der Waals surface area contributed by atoms with E-state index >= 15 is 0 Å². The summed E-state index contributed by atoms with van der Waals surface area (Å²) in [5, 5.41) is 2.69. The molecule has 2 aliphatic carbocycles. The molecule has 0 N–H and O–H groups in total. The van der Waals surface area contributed by atoms with E-state index in [0.717, 1.165) is 9.94 Å². The summed E-state index contributed by atoms with van der Waals surface area (Å²) >= 11 is 3.71. The van der Waals surface area contributed by atoms with Crippen LogP contribution in [0.4, 0.5) is 0 Å². The Morgan fingerprint density at radius 2 is 1.17 bits per heavy atom. The molecule has 4 aromatic rings. The van der Waals surface area contributed by atoms with Crippen molar-refractivity contribution in [3.63, 3.8) is 0 Å². The molecule has 144 valence electrons. The van der Waals surface area contributed by atoms with Crippen molar-refractivity contribution in [2.24, 2.45) is 0 Å². The summed E-state index contributed by atoms with van der Waals surface area (Å²) in [5.41, 5.74) is 11.8. The number of hydrogen-bond acceptors (Lipinski definition) is 0. The van der Waals surface area contributed by atoms with E-state index < -0.39 is 0 Å². The van der Waals surface area contributed by atoms with Crippen molar-refractivity contribution in [3.05, 3.63) is 87.4 Å². The lowest BCUT2D eigenvalue weighted by Gasteiger charge is -2.31. The van der Waals surface area contributed by atoms with Crippen molar-refractivity contribution in [1.82, 2.24) is 0 Å². The smallest absolute Gasteiger partial charge is 0.0963 e. The van der Waals surface area contributed by atoms with Gasteiger partial charge in [-0.05, 0) is 67.4 Å². The van der Waals surface area contributed by atoms with Crippen LogP contribution < -0.4 is 5.46 Å². The molecule has 4 aromatic carbocycles. The largest absolute Gasteiger partial charge is 0.113 e. The third-order valence-electron chi connectivity index (χ3n) is 7.38. The molecule has 0 atom stereocenters. The molecular weight excluding hydrogens is 427 g/mol. The van der Waals surface area contributed by atoms with E-state index in [9.17, 15) is 0 Å². The van der Waals surface area contributed by atoms with E-state index in [4.69, 9.17) is 7.85 Å². The predicted molar refractivity (Wildman–Crippen MR) is 132 cm³/mol. The molecule has 30 heavy (non-hydrogen) atoms. The van der Waals surface area contributed by atoms with E-state index in [2.05, 4.69) is 98.2 Å². The molecule has 0 bridgehead atoms. The Kier molecular flexibility index (Phi) is 3.49. The zero-order valence-electron chi connectivity index (χ0n) is 17.7. The van der Waals surface area contributed by atoms with Gasteiger partial charge in [-0.2, -0.15) is 0 Å². The molecule has 0 spiro atoms. The quantitative estimate of drug-likeness (QED) is 0.254. The Labute approximate surface area is 187 Å². The van der Waals surface area contributed by atoms with Crippen LogP contribution in [0.15, 0.2) is 65.1 Å². The number of rotatable bonds is 0. The Hall–Kier alpha value is -2.32. The second-order valence-corrected chi connectivity index (χ2v) is 10.7. The van der Waals surface area contributed by atoms with Crippen molar-refractivity contribution < 1.29 is 0 Å². The van der Waals surface area contributed by atoms with E-state index in [0.29, 0.717) is 0 Å². The maximum atomic E-state index is 6.25. The first-order valence-corrected chi connectivity index (χ1v) is 11.3. The molecule has 6 rings (SSSR count). The maximum Gasteiger partial charge on any atom is 0.113 e. The highest BCUT2D eigenvalue weighted by Crippen LogP contribution is 2.61. The minimum absolute atomic E-state index is 0.0760. The van der Waals surface area contributed by atoms with Gasteiger partial charge in [0, 0.05) is 15.3 Å². The van der Waals surface area contributed by atoms with Crippen molar-refractivity contribution in [3.8, 4) is 22.3 Å². The highest BCUT2D eigenvalue weighted by Gasteiger charge is 2.47. The first-order valence-electron chi connectivity index (χ1n) is 10.5. The van der Waals surface area contributed by atoms with Crippen LogP contribution >= 0.6 is 15.9 Å². The van der Waals surface area contributed by atoms with Gasteiger partial charge >= 0.3 is 0 Å². The first kappa shape index (κ1) is 18.5. The summed E-state index contributed by atoms with van der Waals surface area (Å²) in [6, 6.07) is 22.1. The first-order chi connectivity index (χ1) is 14.2. The Morgan fingerprint density at radius 1 is 0.667 bits per heavy atom. The number of benzene rings is 4. The van der Waals surface area contributed by atoms with Crippen LogP contribution in [0.25, 0.3) is 33.0 Å². The average Bonchev–Trinajstić information content (AvgIpc) is 3.07. The standard InChI is InChI=1S/C28H22BBr/c1-27(2)21-13-15(29)9-11-19(21)23-17-7-5-6-8-18(17)24-20-12-10-16(30)14-22(20)28(3,4)26(24)25(23)27/h5-14H,1-4H3. The number of hydrogen-bond donors (Lipinski definition) is 0. The SMILES string of the molecule is [B]c1ccc2c(c1)C(C)(C)c1c3c(c4ccccc4c1-2)-c1ccc(Br)cc1C3(C)C. The van der Waals surface area contributed by atoms with Gasteiger partial charge in [0.05, 0.1) is 0 Å². The van der Waals surface area contributed by atoms with Gasteiger partial charge < -0.3 is 0 Å². The predicted octanol–water partition coefficient (Wildman–Crippen LogP) is 7.01. The lowest BCUT2D eigenvalue weighted by atomic mass is 9.71. The van der Waals surface area contributed by atoms with Gasteiger partial charge in [0.2, 0.25) is 0 Å². The lowest BCUT2D eigenvalue weighted by molar-refractivity contribution is 0.602. The summed E-state index contributed by atoms with van der Waals surface area (Å²) in [6.45, 7) is 9.49. The van der Waals surface area contributed by atoms with Crippen LogP contribution in [0.3, 0.4) is 0 Å². The monoisotopic (exact) mass is 448 g/mol. The molecule has 0 aromatic heterocycles. The fourth-order valence-corrected chi connectivity index (χ4v) is 6.43. The third kappa shape index (κ3) is 2.08. The Morgan fingerprint density at radius 3 is 1.73 bits per heavy atom. The van der Waals surface area contributed by atoms with Gasteiger partial charge in [-0.3, -0.25) is 0 Å². The van der Waals surface area contributed by atoms with Crippen LogP contribution in [0.2, 0.25) is 0 Å². The van der Waals surface area contributed by atoms with Crippen molar-refractivity contribution >= 4 is 40.0 Å². The molecule has 0 saturated carbocycles. The van der Waals surface area contributed by atoms with E-state index in [1.165, 1.54) is 55.3 Å². The maximum absolute atomic E-state index is 6.25. The fourth-order valence-electron chi connectivity index (χ4n) is 6.07. The molecule has 0 saturated heterocycles. The van der Waals surface area contributed by atoms with Gasteiger partial charge in [0.15, 0.2) is 0 Å². The van der Waals surface area contributed by atoms with Gasteiger partial charge in [0.25, 0.3) is 0 Å². The van der Waals surface area contributed by atoms with E-state index in [1.807, 2.05) is 6.07 Å². The molecular formula is C28H22BBr. The van der Waals surface area contributed by atoms with Gasteiger partial charge in [-0.25, -0.2) is 0 Å². The van der Waals surface area contributed by atoms with Crippen LogP contribution in [-0.2, 0) is 10.8 Å². The van der Waals surface area contributed by atoms with Gasteiger partial charge in [-0.15, -0.1) is 0 Å². The second kappa shape index (κ2) is 5.68. The van der Waals surface area contributed by atoms with Crippen LogP contribution in [0.5, 0.6) is 0 Å². The summed E-state index contributed by atoms with van der Waals surface area (Å²) in [6.07, 6.45) is 0. The molecule has 2 radical (unpaired) electrons. The molecule has 0 fully saturated rings. The van der Waals surface area contributed by atoms with Crippen LogP contribution in [0.1, 0.15) is 49.9 Å². The van der Waals surface area contributed by atoms with Gasteiger partial charge in [-0.1, -0.05) is 97.6 Å². The lowest BCUT2D eigenvalue weighted by Crippen LogP contribution is -2.25. The molecule has 0 heterocycles. The molecule has 0 unspecified atom stereocenters. The summed E-state index contributed by atoms with van der Waals surface area (Å²) in [5.74, 6) is 0. The van der Waals surface area contributed by atoms with E-state index in [-0.39, 0.29) is 10.8 Å². The van der Waals surface area contributed by atoms with Gasteiger partial charge in [0.1, 0.15) is 7.85 Å². The Bertz CT molecular complexity index is 1300. The third-order valence-corrected chi connectivity index (χ3v) is 7.87. The zero-order valence-corrected chi connectivity index (χ0v) is 19.3. The molecule has 2 aliphatic rings. The van der Waals surface area contributed by atoms with Crippen LogP contribution in [-0.4, -0.2) is 7.85 Å². The van der Waals surface area contributed by atoms with Crippen LogP contribution in [0, 0.1) is 0 Å². The minimum Gasteiger partial charge on any atom is -0.0963 e. The zero-order chi connectivity index (χ0) is 21.0. The minimum atomic E-state index is -0.106. The summed E-state index contributed by atoms with van der Waals surface area (Å²) < 4.78 is 1.14.